The number of hydrogen-bond acceptors (Lipinski definition) is 3. The third-order valence-electron chi connectivity index (χ3n) is 4.70. The fourth-order valence-corrected chi connectivity index (χ4v) is 3.93. The fraction of sp³-hybridized carbons (Fsp3) is 1.00. The molecule has 0 heterocycles. The van der Waals surface area contributed by atoms with Crippen LogP contribution in [0.4, 0.5) is 0 Å². The molecule has 0 bridgehead atoms. The molecule has 1 rings (SSSR count). The summed E-state index contributed by atoms with van der Waals surface area (Å²) >= 11 is 1.95. The highest BCUT2D eigenvalue weighted by Gasteiger charge is 2.35. The van der Waals surface area contributed by atoms with Gasteiger partial charge in [0.15, 0.2) is 0 Å². The number of nitrogens with two attached hydrogens (primary N) is 1. The molecule has 18 heavy (non-hydrogen) atoms. The van der Waals surface area contributed by atoms with Crippen molar-refractivity contribution >= 4 is 11.8 Å². The number of rotatable bonds is 7. The Hall–Kier alpha value is 0.270. The quantitative estimate of drug-likeness (QED) is 0.771. The van der Waals surface area contributed by atoms with Crippen molar-refractivity contribution in [3.8, 4) is 0 Å². The minimum absolute atomic E-state index is 0.389. The molecule has 108 valence electrons. The maximum absolute atomic E-state index is 6.12. The smallest absolute Gasteiger partial charge is 0.00719 e. The third kappa shape index (κ3) is 4.75. The predicted molar refractivity (Wildman–Crippen MR) is 84.2 cm³/mol. The van der Waals surface area contributed by atoms with Gasteiger partial charge in [0.25, 0.3) is 0 Å². The maximum atomic E-state index is 6.12. The van der Waals surface area contributed by atoms with Crippen molar-refractivity contribution in [3.63, 3.8) is 0 Å². The van der Waals surface area contributed by atoms with E-state index in [9.17, 15) is 0 Å². The average Bonchev–Trinajstić information content (AvgIpc) is 2.35. The zero-order valence-corrected chi connectivity index (χ0v) is 13.6. The van der Waals surface area contributed by atoms with E-state index in [-0.39, 0.29) is 0 Å². The Morgan fingerprint density at radius 3 is 2.78 bits per heavy atom. The molecule has 0 radical (unpaired) electrons. The van der Waals surface area contributed by atoms with Crippen LogP contribution in [0.25, 0.3) is 0 Å². The van der Waals surface area contributed by atoms with Crippen LogP contribution < -0.4 is 5.73 Å². The van der Waals surface area contributed by atoms with Crippen LogP contribution in [0, 0.1) is 11.3 Å². The van der Waals surface area contributed by atoms with Crippen LogP contribution in [-0.2, 0) is 0 Å². The summed E-state index contributed by atoms with van der Waals surface area (Å²) in [5, 5.41) is 0. The Morgan fingerprint density at radius 2 is 2.22 bits per heavy atom. The molecule has 2 nitrogen and oxygen atoms in total. The zero-order chi connectivity index (χ0) is 13.6. The molecule has 0 aromatic rings. The van der Waals surface area contributed by atoms with E-state index in [1.807, 2.05) is 11.8 Å². The first-order chi connectivity index (χ1) is 8.53. The Balaban J connectivity index is 2.50. The SMILES string of the molecule is CSCCC(C)N(C)CC1(CN)CCCC(C)C1. The lowest BCUT2D eigenvalue weighted by Gasteiger charge is -2.43. The van der Waals surface area contributed by atoms with Crippen LogP contribution in [0.2, 0.25) is 0 Å². The lowest BCUT2D eigenvalue weighted by molar-refractivity contribution is 0.0833. The van der Waals surface area contributed by atoms with E-state index in [0.717, 1.165) is 12.5 Å². The molecule has 3 atom stereocenters. The minimum atomic E-state index is 0.389. The molecule has 1 aliphatic rings. The molecular weight excluding hydrogens is 240 g/mol. The molecule has 1 fully saturated rings. The Labute approximate surface area is 118 Å². The number of hydrogen-bond donors (Lipinski definition) is 1. The molecule has 0 aromatic carbocycles. The van der Waals surface area contributed by atoms with Crippen molar-refractivity contribution in [1.82, 2.24) is 4.90 Å². The fourth-order valence-electron chi connectivity index (χ4n) is 3.36. The first-order valence-electron chi connectivity index (χ1n) is 7.42. The van der Waals surface area contributed by atoms with E-state index in [1.165, 1.54) is 44.4 Å². The lowest BCUT2D eigenvalue weighted by Crippen LogP contribution is -2.46. The summed E-state index contributed by atoms with van der Waals surface area (Å²) in [6.45, 7) is 6.79. The standard InChI is InChI=1S/C15H32N2S/c1-13-6-5-8-15(10-13,11-16)12-17(3)14(2)7-9-18-4/h13-14H,5-12,16H2,1-4H3. The van der Waals surface area contributed by atoms with Gasteiger partial charge in [-0.25, -0.2) is 0 Å². The summed E-state index contributed by atoms with van der Waals surface area (Å²) in [4.78, 5) is 2.54. The molecule has 0 aliphatic heterocycles. The van der Waals surface area contributed by atoms with Crippen LogP contribution in [0.3, 0.4) is 0 Å². The van der Waals surface area contributed by atoms with Gasteiger partial charge in [-0.2, -0.15) is 11.8 Å². The van der Waals surface area contributed by atoms with Crippen LogP contribution >= 0.6 is 11.8 Å². The first-order valence-corrected chi connectivity index (χ1v) is 8.81. The minimum Gasteiger partial charge on any atom is -0.330 e. The molecule has 3 unspecified atom stereocenters. The Bertz CT molecular complexity index is 235. The maximum Gasteiger partial charge on any atom is 0.00719 e. The van der Waals surface area contributed by atoms with Crippen molar-refractivity contribution in [1.29, 1.82) is 0 Å². The largest absolute Gasteiger partial charge is 0.330 e. The van der Waals surface area contributed by atoms with Crippen molar-refractivity contribution in [2.45, 2.75) is 52.0 Å². The van der Waals surface area contributed by atoms with Gasteiger partial charge in [0.1, 0.15) is 0 Å². The van der Waals surface area contributed by atoms with Crippen LogP contribution in [0.1, 0.15) is 46.0 Å². The second kappa shape index (κ2) is 7.76. The highest BCUT2D eigenvalue weighted by molar-refractivity contribution is 7.98. The zero-order valence-electron chi connectivity index (χ0n) is 12.7. The van der Waals surface area contributed by atoms with Gasteiger partial charge in [-0.15, -0.1) is 0 Å². The summed E-state index contributed by atoms with van der Waals surface area (Å²) in [7, 11) is 2.28. The van der Waals surface area contributed by atoms with Gasteiger partial charge >= 0.3 is 0 Å². The molecule has 3 heteroatoms. The third-order valence-corrected chi connectivity index (χ3v) is 5.34. The van der Waals surface area contributed by atoms with E-state index < -0.39 is 0 Å². The highest BCUT2D eigenvalue weighted by atomic mass is 32.2. The summed E-state index contributed by atoms with van der Waals surface area (Å²) < 4.78 is 0. The molecule has 0 amide bonds. The first kappa shape index (κ1) is 16.3. The monoisotopic (exact) mass is 272 g/mol. The second-order valence-corrected chi connectivity index (χ2v) is 7.44. The van der Waals surface area contributed by atoms with Crippen molar-refractivity contribution in [3.05, 3.63) is 0 Å². The Kier molecular flexibility index (Phi) is 7.04. The summed E-state index contributed by atoms with van der Waals surface area (Å²) in [5.41, 5.74) is 6.51. The van der Waals surface area contributed by atoms with E-state index in [1.54, 1.807) is 0 Å². The molecule has 0 spiro atoms. The molecule has 1 saturated carbocycles. The van der Waals surface area contributed by atoms with Gasteiger partial charge in [0, 0.05) is 12.6 Å². The van der Waals surface area contributed by atoms with Crippen molar-refractivity contribution in [2.24, 2.45) is 17.1 Å². The number of thioether (sulfide) groups is 1. The molecule has 0 saturated heterocycles. The summed E-state index contributed by atoms with van der Waals surface area (Å²) in [5.74, 6) is 2.12. The normalized spacial score (nSPS) is 30.7. The van der Waals surface area contributed by atoms with Crippen molar-refractivity contribution in [2.75, 3.05) is 32.1 Å². The van der Waals surface area contributed by atoms with Crippen molar-refractivity contribution < 1.29 is 0 Å². The summed E-state index contributed by atoms with van der Waals surface area (Å²) in [6, 6.07) is 0.679. The van der Waals surface area contributed by atoms with Crippen LogP contribution in [0.5, 0.6) is 0 Å². The topological polar surface area (TPSA) is 29.3 Å². The average molecular weight is 273 g/mol. The van der Waals surface area contributed by atoms with Gasteiger partial charge in [0.2, 0.25) is 0 Å². The van der Waals surface area contributed by atoms with Crippen LogP contribution in [-0.4, -0.2) is 43.1 Å². The van der Waals surface area contributed by atoms with Gasteiger partial charge in [-0.1, -0.05) is 19.8 Å². The molecule has 0 aromatic heterocycles. The van der Waals surface area contributed by atoms with Gasteiger partial charge in [0.05, 0.1) is 0 Å². The highest BCUT2D eigenvalue weighted by Crippen LogP contribution is 2.39. The van der Waals surface area contributed by atoms with Crippen LogP contribution in [0.15, 0.2) is 0 Å². The molecule has 2 N–H and O–H groups in total. The van der Waals surface area contributed by atoms with Gasteiger partial charge < -0.3 is 10.6 Å². The van der Waals surface area contributed by atoms with E-state index in [4.69, 9.17) is 5.73 Å². The van der Waals surface area contributed by atoms with E-state index >= 15 is 0 Å². The summed E-state index contributed by atoms with van der Waals surface area (Å²) in [6.07, 6.45) is 8.89. The predicted octanol–water partition coefficient (Wildman–Crippen LogP) is 3.22. The molecule has 1 aliphatic carbocycles. The lowest BCUT2D eigenvalue weighted by atomic mass is 9.69. The van der Waals surface area contributed by atoms with Gasteiger partial charge in [-0.3, -0.25) is 0 Å². The second-order valence-electron chi connectivity index (χ2n) is 6.45. The van der Waals surface area contributed by atoms with E-state index in [0.29, 0.717) is 11.5 Å². The van der Waals surface area contributed by atoms with Gasteiger partial charge in [-0.05, 0) is 63.1 Å². The number of nitrogens with zero attached hydrogens (tertiary/aromatic N) is 1. The Morgan fingerprint density at radius 1 is 1.50 bits per heavy atom. The van der Waals surface area contributed by atoms with E-state index in [2.05, 4.69) is 32.1 Å². The molecular formula is C15H32N2S.